The summed E-state index contributed by atoms with van der Waals surface area (Å²) in [5.41, 5.74) is 2.28. The molecule has 1 aromatic heterocycles. The normalized spacial score (nSPS) is 22.3. The van der Waals surface area contributed by atoms with Gasteiger partial charge in [-0.3, -0.25) is 0 Å². The number of benzene rings is 1. The Morgan fingerprint density at radius 3 is 3.10 bits per heavy atom. The maximum Gasteiger partial charge on any atom is 0.257 e. The van der Waals surface area contributed by atoms with Gasteiger partial charge in [-0.15, -0.1) is 0 Å². The Balaban J connectivity index is 1.68. The molecule has 0 amide bonds. The lowest BCUT2D eigenvalue weighted by atomic mass is 10.0. The first-order valence-corrected chi connectivity index (χ1v) is 7.00. The fraction of sp³-hybridized carbons (Fsp3) is 0.467. The molecule has 5 heteroatoms. The number of nitrogens with one attached hydrogen (secondary N) is 2. The highest BCUT2D eigenvalue weighted by molar-refractivity contribution is 5.53. The van der Waals surface area contributed by atoms with Gasteiger partial charge < -0.3 is 15.2 Å². The van der Waals surface area contributed by atoms with Crippen LogP contribution in [0.1, 0.15) is 24.7 Å². The zero-order chi connectivity index (χ0) is 14.0. The minimum absolute atomic E-state index is 0.129. The predicted octanol–water partition coefficient (Wildman–Crippen LogP) is 1.89. The summed E-state index contributed by atoms with van der Waals surface area (Å²) >= 11 is 0. The Bertz CT molecular complexity index is 587. The van der Waals surface area contributed by atoms with Crippen molar-refractivity contribution in [3.8, 4) is 11.5 Å². The SMILES string of the molecule is Cc1cccc(-c2nc(CNC3(C)CCNC3)no2)c1. The fourth-order valence-corrected chi connectivity index (χ4v) is 2.48. The Labute approximate surface area is 118 Å². The lowest BCUT2D eigenvalue weighted by Gasteiger charge is -2.23. The highest BCUT2D eigenvalue weighted by atomic mass is 16.5. The van der Waals surface area contributed by atoms with Gasteiger partial charge in [-0.05, 0) is 38.9 Å². The third kappa shape index (κ3) is 2.89. The molecule has 2 aromatic rings. The number of aromatic nitrogens is 2. The molecule has 1 saturated heterocycles. The first-order valence-electron chi connectivity index (χ1n) is 7.00. The van der Waals surface area contributed by atoms with Gasteiger partial charge in [-0.25, -0.2) is 0 Å². The molecule has 1 aliphatic heterocycles. The van der Waals surface area contributed by atoms with Gasteiger partial charge in [-0.1, -0.05) is 22.9 Å². The van der Waals surface area contributed by atoms with Gasteiger partial charge >= 0.3 is 0 Å². The van der Waals surface area contributed by atoms with Crippen LogP contribution in [0.15, 0.2) is 28.8 Å². The molecule has 1 fully saturated rings. The molecule has 3 rings (SSSR count). The largest absolute Gasteiger partial charge is 0.334 e. The Hall–Kier alpha value is -1.72. The molecular weight excluding hydrogens is 252 g/mol. The monoisotopic (exact) mass is 272 g/mol. The summed E-state index contributed by atoms with van der Waals surface area (Å²) in [5.74, 6) is 1.29. The average Bonchev–Trinajstić information content (AvgIpc) is 3.06. The molecule has 2 N–H and O–H groups in total. The smallest absolute Gasteiger partial charge is 0.257 e. The summed E-state index contributed by atoms with van der Waals surface area (Å²) in [4.78, 5) is 4.45. The Morgan fingerprint density at radius 1 is 1.45 bits per heavy atom. The van der Waals surface area contributed by atoms with Gasteiger partial charge in [0.2, 0.25) is 0 Å². The predicted molar refractivity (Wildman–Crippen MR) is 77.2 cm³/mol. The van der Waals surface area contributed by atoms with Crippen molar-refractivity contribution in [2.24, 2.45) is 0 Å². The Kier molecular flexibility index (Phi) is 3.54. The van der Waals surface area contributed by atoms with E-state index in [0.29, 0.717) is 18.3 Å². The topological polar surface area (TPSA) is 63.0 Å². The summed E-state index contributed by atoms with van der Waals surface area (Å²) in [6.07, 6.45) is 1.12. The maximum absolute atomic E-state index is 5.34. The van der Waals surface area contributed by atoms with Gasteiger partial charge in [0.25, 0.3) is 5.89 Å². The molecule has 1 aromatic carbocycles. The molecule has 5 nitrogen and oxygen atoms in total. The van der Waals surface area contributed by atoms with E-state index in [2.05, 4.69) is 40.7 Å². The van der Waals surface area contributed by atoms with E-state index in [4.69, 9.17) is 4.52 Å². The number of nitrogens with zero attached hydrogens (tertiary/aromatic N) is 2. The lowest BCUT2D eigenvalue weighted by molar-refractivity contribution is 0.368. The maximum atomic E-state index is 5.34. The van der Waals surface area contributed by atoms with Crippen molar-refractivity contribution in [3.05, 3.63) is 35.7 Å². The van der Waals surface area contributed by atoms with Crippen LogP contribution in [-0.2, 0) is 6.54 Å². The fourth-order valence-electron chi connectivity index (χ4n) is 2.48. The second-order valence-electron chi connectivity index (χ2n) is 5.73. The van der Waals surface area contributed by atoms with Crippen LogP contribution < -0.4 is 10.6 Å². The summed E-state index contributed by atoms with van der Waals surface area (Å²) in [7, 11) is 0. The van der Waals surface area contributed by atoms with Gasteiger partial charge in [0.05, 0.1) is 6.54 Å². The summed E-state index contributed by atoms with van der Waals surface area (Å²) < 4.78 is 5.34. The minimum atomic E-state index is 0.129. The van der Waals surface area contributed by atoms with Crippen molar-refractivity contribution >= 4 is 0 Å². The van der Waals surface area contributed by atoms with Crippen molar-refractivity contribution < 1.29 is 4.52 Å². The van der Waals surface area contributed by atoms with Crippen LogP contribution in [0, 0.1) is 6.92 Å². The van der Waals surface area contributed by atoms with Crippen molar-refractivity contribution in [1.82, 2.24) is 20.8 Å². The second-order valence-corrected chi connectivity index (χ2v) is 5.73. The molecule has 0 aliphatic carbocycles. The van der Waals surface area contributed by atoms with Crippen LogP contribution in [0.3, 0.4) is 0 Å². The molecule has 1 aliphatic rings. The van der Waals surface area contributed by atoms with Crippen LogP contribution in [0.4, 0.5) is 0 Å². The Morgan fingerprint density at radius 2 is 2.35 bits per heavy atom. The lowest BCUT2D eigenvalue weighted by Crippen LogP contribution is -2.43. The third-order valence-corrected chi connectivity index (χ3v) is 3.78. The van der Waals surface area contributed by atoms with Gasteiger partial charge in [0.15, 0.2) is 5.82 Å². The van der Waals surface area contributed by atoms with E-state index in [1.807, 2.05) is 18.2 Å². The molecule has 106 valence electrons. The van der Waals surface area contributed by atoms with E-state index in [9.17, 15) is 0 Å². The summed E-state index contributed by atoms with van der Waals surface area (Å²) in [5, 5.41) is 10.9. The average molecular weight is 272 g/mol. The van der Waals surface area contributed by atoms with Crippen molar-refractivity contribution in [2.75, 3.05) is 13.1 Å². The molecule has 0 bridgehead atoms. The van der Waals surface area contributed by atoms with E-state index in [0.717, 1.165) is 25.1 Å². The van der Waals surface area contributed by atoms with E-state index in [-0.39, 0.29) is 5.54 Å². The molecule has 1 atom stereocenters. The van der Waals surface area contributed by atoms with Crippen molar-refractivity contribution in [2.45, 2.75) is 32.4 Å². The first-order chi connectivity index (χ1) is 9.65. The van der Waals surface area contributed by atoms with Crippen molar-refractivity contribution in [1.29, 1.82) is 0 Å². The van der Waals surface area contributed by atoms with Crippen LogP contribution in [-0.4, -0.2) is 28.8 Å². The van der Waals surface area contributed by atoms with Crippen LogP contribution >= 0.6 is 0 Å². The first kappa shape index (κ1) is 13.3. The van der Waals surface area contributed by atoms with E-state index in [1.165, 1.54) is 5.56 Å². The molecule has 0 saturated carbocycles. The number of rotatable bonds is 4. The highest BCUT2D eigenvalue weighted by Gasteiger charge is 2.28. The van der Waals surface area contributed by atoms with E-state index < -0.39 is 0 Å². The molecule has 20 heavy (non-hydrogen) atoms. The molecule has 2 heterocycles. The second kappa shape index (κ2) is 5.34. The van der Waals surface area contributed by atoms with E-state index in [1.54, 1.807) is 0 Å². The molecule has 0 spiro atoms. The van der Waals surface area contributed by atoms with Gasteiger partial charge in [0.1, 0.15) is 0 Å². The van der Waals surface area contributed by atoms with Crippen LogP contribution in [0.25, 0.3) is 11.5 Å². The molecule has 0 radical (unpaired) electrons. The standard InChI is InChI=1S/C15H20N4O/c1-11-4-3-5-12(8-11)14-18-13(19-20-14)9-17-15(2)6-7-16-10-15/h3-5,8,16-17H,6-7,9-10H2,1-2H3. The highest BCUT2D eigenvalue weighted by Crippen LogP contribution is 2.19. The van der Waals surface area contributed by atoms with Crippen LogP contribution in [0.5, 0.6) is 0 Å². The number of aryl methyl sites for hydroxylation is 1. The zero-order valence-electron chi connectivity index (χ0n) is 11.9. The molecule has 1 unspecified atom stereocenters. The van der Waals surface area contributed by atoms with E-state index >= 15 is 0 Å². The third-order valence-electron chi connectivity index (χ3n) is 3.78. The van der Waals surface area contributed by atoms with Gasteiger partial charge in [-0.2, -0.15) is 4.98 Å². The number of hydrogen-bond acceptors (Lipinski definition) is 5. The zero-order valence-corrected chi connectivity index (χ0v) is 11.9. The van der Waals surface area contributed by atoms with Crippen LogP contribution in [0.2, 0.25) is 0 Å². The quantitative estimate of drug-likeness (QED) is 0.890. The summed E-state index contributed by atoms with van der Waals surface area (Å²) in [6, 6.07) is 8.08. The van der Waals surface area contributed by atoms with Crippen molar-refractivity contribution in [3.63, 3.8) is 0 Å². The molecular formula is C15H20N4O. The minimum Gasteiger partial charge on any atom is -0.334 e. The van der Waals surface area contributed by atoms with Gasteiger partial charge in [0, 0.05) is 17.6 Å². The number of hydrogen-bond donors (Lipinski definition) is 2. The summed E-state index contributed by atoms with van der Waals surface area (Å²) in [6.45, 7) is 6.94.